The summed E-state index contributed by atoms with van der Waals surface area (Å²) in [4.78, 5) is 7.03. The molecule has 4 aliphatic heterocycles. The van der Waals surface area contributed by atoms with Crippen LogP contribution in [0.3, 0.4) is 0 Å². The highest BCUT2D eigenvalue weighted by molar-refractivity contribution is 5.60. The highest BCUT2D eigenvalue weighted by Crippen LogP contribution is 2.70. The van der Waals surface area contributed by atoms with Gasteiger partial charge in [0.25, 0.3) is 0 Å². The third kappa shape index (κ3) is 3.78. The van der Waals surface area contributed by atoms with Crippen LogP contribution in [0.15, 0.2) is 60.7 Å². The highest BCUT2D eigenvalue weighted by atomic mass is 16.5. The zero-order valence-corrected chi connectivity index (χ0v) is 24.5. The van der Waals surface area contributed by atoms with E-state index in [1.165, 1.54) is 19.8 Å². The van der Waals surface area contributed by atoms with E-state index in [9.17, 15) is 10.2 Å². The van der Waals surface area contributed by atoms with Gasteiger partial charge in [-0.1, -0.05) is 54.6 Å². The number of aromatic nitrogens is 1. The third-order valence-corrected chi connectivity index (χ3v) is 10.7. The van der Waals surface area contributed by atoms with Crippen LogP contribution in [0, 0.1) is 5.92 Å². The molecule has 1 aliphatic carbocycles. The van der Waals surface area contributed by atoms with Gasteiger partial charge >= 0.3 is 0 Å². The molecule has 2 bridgehead atoms. The van der Waals surface area contributed by atoms with Crippen LogP contribution < -0.4 is 14.2 Å². The Hall–Kier alpha value is -3.21. The summed E-state index contributed by atoms with van der Waals surface area (Å²) in [7, 11) is 3.05. The molecule has 5 aliphatic rings. The van der Waals surface area contributed by atoms with Crippen LogP contribution in [-0.4, -0.2) is 85.5 Å². The number of hydrogen-bond donors (Lipinski definition) is 2. The van der Waals surface area contributed by atoms with E-state index in [-0.39, 0.29) is 11.8 Å². The number of benzene rings is 2. The second kappa shape index (κ2) is 10.2. The fourth-order valence-corrected chi connectivity index (χ4v) is 8.55. The van der Waals surface area contributed by atoms with E-state index < -0.39 is 23.2 Å². The van der Waals surface area contributed by atoms with Crippen molar-refractivity contribution in [2.24, 2.45) is 5.92 Å². The molecule has 3 aromatic rings. The maximum absolute atomic E-state index is 13.2. The number of fused-ring (bicyclic) bond motifs is 5. The fourth-order valence-electron chi connectivity index (χ4n) is 8.55. The van der Waals surface area contributed by atoms with Gasteiger partial charge in [0, 0.05) is 42.4 Å². The van der Waals surface area contributed by atoms with Crippen LogP contribution >= 0.6 is 0 Å². The van der Waals surface area contributed by atoms with Gasteiger partial charge < -0.3 is 33.9 Å². The molecule has 226 valence electrons. The van der Waals surface area contributed by atoms with Gasteiger partial charge in [-0.15, -0.1) is 0 Å². The van der Waals surface area contributed by atoms with Gasteiger partial charge in [-0.3, -0.25) is 4.90 Å². The molecule has 0 amide bonds. The summed E-state index contributed by atoms with van der Waals surface area (Å²) < 4.78 is 29.7. The summed E-state index contributed by atoms with van der Waals surface area (Å²) in [5.41, 5.74) is 0.0747. The molecule has 9 nitrogen and oxygen atoms in total. The first kappa shape index (κ1) is 27.3. The number of aliphatic hydroxyl groups excluding tert-OH is 1. The highest BCUT2D eigenvalue weighted by Gasteiger charge is 2.77. The summed E-state index contributed by atoms with van der Waals surface area (Å²) in [6.07, 6.45) is 0.953. The number of hydrogen-bond acceptors (Lipinski definition) is 9. The molecule has 1 saturated carbocycles. The van der Waals surface area contributed by atoms with E-state index in [1.54, 1.807) is 6.07 Å². The molecular weight excluding hydrogens is 548 g/mol. The van der Waals surface area contributed by atoms with E-state index in [0.717, 1.165) is 24.0 Å². The minimum Gasteiger partial charge on any atom is -0.481 e. The lowest BCUT2D eigenvalue weighted by atomic mass is 9.70. The van der Waals surface area contributed by atoms with Gasteiger partial charge in [0.05, 0.1) is 52.3 Å². The molecule has 43 heavy (non-hydrogen) atoms. The third-order valence-electron chi connectivity index (χ3n) is 10.7. The Morgan fingerprint density at radius 1 is 0.907 bits per heavy atom. The molecule has 4 fully saturated rings. The van der Waals surface area contributed by atoms with Crippen molar-refractivity contribution in [3.8, 4) is 17.5 Å². The Morgan fingerprint density at radius 2 is 1.60 bits per heavy atom. The SMILES string of the molecule is COc1cc2c(c(OC)n1)[C@]1(O)[C@H](O)[C@H](CN3[C@@H]4CC[C@H]3COC4)[C@@H](c3ccccc3)[C@]1(c1ccc(C3COC3)cc1)O2. The molecule has 2 aromatic carbocycles. The molecule has 0 radical (unpaired) electrons. The van der Waals surface area contributed by atoms with Gasteiger partial charge in [0.2, 0.25) is 11.8 Å². The van der Waals surface area contributed by atoms with Crippen molar-refractivity contribution in [1.82, 2.24) is 9.88 Å². The summed E-state index contributed by atoms with van der Waals surface area (Å²) in [5, 5.41) is 25.8. The second-order valence-corrected chi connectivity index (χ2v) is 12.6. The van der Waals surface area contributed by atoms with Gasteiger partial charge in [-0.25, -0.2) is 0 Å². The van der Waals surface area contributed by atoms with Crippen molar-refractivity contribution in [3.63, 3.8) is 0 Å². The lowest BCUT2D eigenvalue weighted by Gasteiger charge is -2.42. The first-order valence-electron chi connectivity index (χ1n) is 15.3. The van der Waals surface area contributed by atoms with E-state index in [0.29, 0.717) is 68.2 Å². The number of aliphatic hydroxyl groups is 2. The molecule has 0 unspecified atom stereocenters. The van der Waals surface area contributed by atoms with E-state index >= 15 is 0 Å². The maximum atomic E-state index is 13.2. The Kier molecular flexibility index (Phi) is 6.47. The number of morpholine rings is 1. The van der Waals surface area contributed by atoms with Crippen molar-refractivity contribution in [3.05, 3.63) is 82.9 Å². The lowest BCUT2D eigenvalue weighted by molar-refractivity contribution is -0.153. The topological polar surface area (TPSA) is 103 Å². The summed E-state index contributed by atoms with van der Waals surface area (Å²) in [5.74, 6) is 0.462. The Bertz CT molecular complexity index is 1480. The average Bonchev–Trinajstić information content (AvgIpc) is 3.47. The van der Waals surface area contributed by atoms with Crippen LogP contribution in [-0.2, 0) is 20.7 Å². The number of rotatable bonds is 7. The van der Waals surface area contributed by atoms with Gasteiger partial charge in [-0.05, 0) is 29.5 Å². The molecule has 1 aromatic heterocycles. The quantitative estimate of drug-likeness (QED) is 0.432. The van der Waals surface area contributed by atoms with E-state index in [4.69, 9.17) is 23.7 Å². The number of methoxy groups -OCH3 is 2. The van der Waals surface area contributed by atoms with Gasteiger partial charge in [-0.2, -0.15) is 4.98 Å². The standard InChI is InChI=1S/C34H38N2O7/c1-39-28-14-27-30(32(35-28)40-2)33(38)31(37)26(15-36-24-12-13-25(36)19-42-18-24)29(21-6-4-3-5-7-21)34(33,43-27)23-10-8-20(9-11-23)22-16-41-17-22/h3-11,14,22,24-26,29,31,37-38H,12-13,15-19H2,1-2H3/t24-,25+,26-,29-,31-,33+,34+/m1/s1. The average molecular weight is 587 g/mol. The number of pyridine rings is 1. The van der Waals surface area contributed by atoms with Crippen molar-refractivity contribution >= 4 is 0 Å². The van der Waals surface area contributed by atoms with Gasteiger partial charge in [0.1, 0.15) is 5.75 Å². The monoisotopic (exact) mass is 586 g/mol. The van der Waals surface area contributed by atoms with Crippen LogP contribution in [0.1, 0.15) is 46.9 Å². The molecule has 3 saturated heterocycles. The molecule has 7 atom stereocenters. The Labute approximate surface area is 251 Å². The zero-order chi connectivity index (χ0) is 29.3. The number of ether oxygens (including phenoxy) is 5. The predicted octanol–water partition coefficient (Wildman–Crippen LogP) is 3.33. The zero-order valence-electron chi connectivity index (χ0n) is 24.5. The molecule has 2 N–H and O–H groups in total. The minimum absolute atomic E-state index is 0.180. The second-order valence-electron chi connectivity index (χ2n) is 12.6. The first-order valence-corrected chi connectivity index (χ1v) is 15.3. The maximum Gasteiger partial charge on any atom is 0.226 e. The largest absolute Gasteiger partial charge is 0.481 e. The normalized spacial score (nSPS) is 34.7. The van der Waals surface area contributed by atoms with Crippen molar-refractivity contribution < 1.29 is 33.9 Å². The molecule has 8 rings (SSSR count). The molecule has 9 heteroatoms. The van der Waals surface area contributed by atoms with Crippen LogP contribution in [0.2, 0.25) is 0 Å². The fraction of sp³-hybridized carbons (Fsp3) is 0.500. The molecule has 0 spiro atoms. The van der Waals surface area contributed by atoms with Crippen LogP contribution in [0.25, 0.3) is 0 Å². The Morgan fingerprint density at radius 3 is 2.23 bits per heavy atom. The van der Waals surface area contributed by atoms with Gasteiger partial charge in [0.15, 0.2) is 11.2 Å². The summed E-state index contributed by atoms with van der Waals surface area (Å²) in [6.45, 7) is 3.39. The minimum atomic E-state index is -1.87. The van der Waals surface area contributed by atoms with Crippen molar-refractivity contribution in [1.29, 1.82) is 0 Å². The van der Waals surface area contributed by atoms with E-state index in [2.05, 4.69) is 34.1 Å². The van der Waals surface area contributed by atoms with Crippen LogP contribution in [0.5, 0.6) is 17.5 Å². The smallest absolute Gasteiger partial charge is 0.226 e. The lowest BCUT2D eigenvalue weighted by Crippen LogP contribution is -2.52. The van der Waals surface area contributed by atoms with Crippen molar-refractivity contribution in [2.75, 3.05) is 47.2 Å². The summed E-state index contributed by atoms with van der Waals surface area (Å²) in [6, 6.07) is 20.7. The Balaban J connectivity index is 1.34. The predicted molar refractivity (Wildman–Crippen MR) is 157 cm³/mol. The van der Waals surface area contributed by atoms with E-state index in [1.807, 2.05) is 30.3 Å². The van der Waals surface area contributed by atoms with Crippen molar-refractivity contribution in [2.45, 2.75) is 54.1 Å². The molecule has 5 heterocycles. The first-order chi connectivity index (χ1) is 21.0. The summed E-state index contributed by atoms with van der Waals surface area (Å²) >= 11 is 0. The van der Waals surface area contributed by atoms with Crippen LogP contribution in [0.4, 0.5) is 0 Å². The number of nitrogens with zero attached hydrogens (tertiary/aromatic N) is 2. The molecular formula is C34H38N2O7.